The molecule has 1 aliphatic rings. The SMILES string of the molecule is CCCCCCCCCCCCC/C=C/C(O)C(COC1OC(CO)C(O)C(O)C1O)NC(=O)CCCCCCCCCCCCCCCCCCC/C=C\C/C=C\CCCCCCCCCCCCCCCCC. The molecule has 442 valence electrons. The maximum absolute atomic E-state index is 13.1. The predicted molar refractivity (Wildman–Crippen MR) is 318 cm³/mol. The summed E-state index contributed by atoms with van der Waals surface area (Å²) in [5, 5.41) is 54.5. The van der Waals surface area contributed by atoms with E-state index in [0.29, 0.717) is 6.42 Å². The zero-order valence-electron chi connectivity index (χ0n) is 49.3. The van der Waals surface area contributed by atoms with Gasteiger partial charge in [0.1, 0.15) is 24.4 Å². The molecule has 6 N–H and O–H groups in total. The molecule has 1 aliphatic heterocycles. The van der Waals surface area contributed by atoms with E-state index in [0.717, 1.165) is 44.9 Å². The second-order valence-corrected chi connectivity index (χ2v) is 22.9. The van der Waals surface area contributed by atoms with Gasteiger partial charge < -0.3 is 40.3 Å². The lowest BCUT2D eigenvalue weighted by Gasteiger charge is -2.40. The fraction of sp³-hybridized carbons (Fsp3) is 0.894. The molecule has 7 unspecified atom stereocenters. The Kier molecular flexibility index (Phi) is 53.1. The van der Waals surface area contributed by atoms with Crippen molar-refractivity contribution in [1.82, 2.24) is 5.32 Å². The van der Waals surface area contributed by atoms with Gasteiger partial charge in [-0.1, -0.05) is 301 Å². The normalized spacial score (nSPS) is 19.1. The first-order chi connectivity index (χ1) is 36.8. The van der Waals surface area contributed by atoms with Crippen molar-refractivity contribution >= 4 is 5.91 Å². The van der Waals surface area contributed by atoms with Gasteiger partial charge in [-0.2, -0.15) is 0 Å². The number of hydrogen-bond acceptors (Lipinski definition) is 8. The first-order valence-corrected chi connectivity index (χ1v) is 32.7. The number of amides is 1. The highest BCUT2D eigenvalue weighted by Gasteiger charge is 2.44. The molecule has 1 amide bonds. The second-order valence-electron chi connectivity index (χ2n) is 22.9. The third-order valence-electron chi connectivity index (χ3n) is 15.7. The first kappa shape index (κ1) is 71.4. The van der Waals surface area contributed by atoms with Crippen LogP contribution < -0.4 is 5.32 Å². The summed E-state index contributed by atoms with van der Waals surface area (Å²) in [7, 11) is 0. The maximum Gasteiger partial charge on any atom is 0.220 e. The Morgan fingerprint density at radius 3 is 1.15 bits per heavy atom. The number of ether oxygens (including phenoxy) is 2. The van der Waals surface area contributed by atoms with Crippen molar-refractivity contribution in [2.24, 2.45) is 0 Å². The Morgan fingerprint density at radius 1 is 0.453 bits per heavy atom. The van der Waals surface area contributed by atoms with Crippen LogP contribution in [0.15, 0.2) is 36.5 Å². The topological polar surface area (TPSA) is 149 Å². The molecule has 7 atom stereocenters. The quantitative estimate of drug-likeness (QED) is 0.0261. The highest BCUT2D eigenvalue weighted by molar-refractivity contribution is 5.76. The largest absolute Gasteiger partial charge is 0.394 e. The maximum atomic E-state index is 13.1. The van der Waals surface area contributed by atoms with Crippen LogP contribution in [-0.4, -0.2) is 87.5 Å². The van der Waals surface area contributed by atoms with Gasteiger partial charge in [0.05, 0.1) is 25.4 Å². The molecular formula is C66H125NO8. The van der Waals surface area contributed by atoms with Gasteiger partial charge in [-0.25, -0.2) is 0 Å². The summed E-state index contributed by atoms with van der Waals surface area (Å²) in [6.07, 6.45) is 66.9. The van der Waals surface area contributed by atoms with Gasteiger partial charge in [-0.15, -0.1) is 0 Å². The molecule has 0 aliphatic carbocycles. The molecule has 0 radical (unpaired) electrons. The van der Waals surface area contributed by atoms with E-state index in [2.05, 4.69) is 43.5 Å². The third-order valence-corrected chi connectivity index (χ3v) is 15.7. The van der Waals surface area contributed by atoms with Crippen LogP contribution in [0.5, 0.6) is 0 Å². The Morgan fingerprint density at radius 2 is 0.787 bits per heavy atom. The van der Waals surface area contributed by atoms with Crippen LogP contribution in [0.25, 0.3) is 0 Å². The summed E-state index contributed by atoms with van der Waals surface area (Å²) in [5.74, 6) is -0.173. The van der Waals surface area contributed by atoms with Crippen molar-refractivity contribution in [1.29, 1.82) is 0 Å². The van der Waals surface area contributed by atoms with E-state index < -0.39 is 49.5 Å². The molecule has 0 aromatic rings. The van der Waals surface area contributed by atoms with E-state index >= 15 is 0 Å². The minimum Gasteiger partial charge on any atom is -0.394 e. The smallest absolute Gasteiger partial charge is 0.220 e. The van der Waals surface area contributed by atoms with Crippen molar-refractivity contribution in [3.63, 3.8) is 0 Å². The minimum absolute atomic E-state index is 0.173. The van der Waals surface area contributed by atoms with Crippen LogP contribution in [0.2, 0.25) is 0 Å². The van der Waals surface area contributed by atoms with Crippen molar-refractivity contribution in [2.75, 3.05) is 13.2 Å². The standard InChI is InChI=1S/C66H125NO8/c1-3-5-7-9-11-13-15-17-18-19-20-21-22-23-24-25-26-27-28-29-30-31-32-33-34-35-36-37-38-39-40-41-42-44-46-48-50-52-54-56-62(70)67-59(58-74-66-65(73)64(72)63(71)61(57-68)75-66)60(69)55-53-51-49-47-45-43-16-14-12-10-8-6-4-2/h26-27,29-30,53,55,59-61,63-66,68-69,71-73H,3-25,28,31-52,54,56-58H2,1-2H3,(H,67,70)/b27-26-,30-29-,55-53+. The zero-order valence-corrected chi connectivity index (χ0v) is 49.3. The van der Waals surface area contributed by atoms with Crippen LogP contribution in [0.1, 0.15) is 322 Å². The molecule has 1 rings (SSSR count). The number of hydrogen-bond donors (Lipinski definition) is 6. The Hall–Kier alpha value is -1.59. The predicted octanol–water partition coefficient (Wildman–Crippen LogP) is 17.1. The van der Waals surface area contributed by atoms with Crippen LogP contribution in [-0.2, 0) is 14.3 Å². The fourth-order valence-corrected chi connectivity index (χ4v) is 10.5. The second kappa shape index (κ2) is 55.7. The number of nitrogens with one attached hydrogen (secondary N) is 1. The van der Waals surface area contributed by atoms with E-state index in [1.54, 1.807) is 6.08 Å². The van der Waals surface area contributed by atoms with Crippen molar-refractivity contribution < 1.29 is 39.8 Å². The van der Waals surface area contributed by atoms with E-state index in [4.69, 9.17) is 9.47 Å². The summed E-state index contributed by atoms with van der Waals surface area (Å²) >= 11 is 0. The lowest BCUT2D eigenvalue weighted by atomic mass is 9.99. The van der Waals surface area contributed by atoms with Crippen molar-refractivity contribution in [2.45, 2.75) is 365 Å². The van der Waals surface area contributed by atoms with Gasteiger partial charge >= 0.3 is 0 Å². The van der Waals surface area contributed by atoms with Crippen molar-refractivity contribution in [3.8, 4) is 0 Å². The van der Waals surface area contributed by atoms with E-state index in [9.17, 15) is 30.3 Å². The Balaban J connectivity index is 2.04. The number of unbranched alkanes of at least 4 members (excludes halogenated alkanes) is 43. The molecular weight excluding hydrogens is 935 g/mol. The number of carbonyl (C=O) groups is 1. The van der Waals surface area contributed by atoms with Crippen LogP contribution in [0.3, 0.4) is 0 Å². The number of allylic oxidation sites excluding steroid dienone is 5. The molecule has 9 nitrogen and oxygen atoms in total. The molecule has 1 heterocycles. The molecule has 1 fully saturated rings. The third kappa shape index (κ3) is 44.9. The number of aliphatic hydroxyl groups is 5. The summed E-state index contributed by atoms with van der Waals surface area (Å²) in [5.41, 5.74) is 0. The van der Waals surface area contributed by atoms with Crippen LogP contribution in [0, 0.1) is 0 Å². The zero-order chi connectivity index (χ0) is 54.3. The van der Waals surface area contributed by atoms with Gasteiger partial charge in [-0.05, 0) is 51.4 Å². The average Bonchev–Trinajstić information content (AvgIpc) is 3.41. The summed E-state index contributed by atoms with van der Waals surface area (Å²) in [6.45, 7) is 3.80. The summed E-state index contributed by atoms with van der Waals surface area (Å²) in [6, 6.07) is -0.803. The van der Waals surface area contributed by atoms with Gasteiger partial charge in [0.15, 0.2) is 6.29 Å². The van der Waals surface area contributed by atoms with Gasteiger partial charge in [0.2, 0.25) is 5.91 Å². The molecule has 0 spiro atoms. The molecule has 0 saturated carbocycles. The molecule has 0 aromatic heterocycles. The van der Waals surface area contributed by atoms with Gasteiger partial charge in [0.25, 0.3) is 0 Å². The van der Waals surface area contributed by atoms with Crippen LogP contribution >= 0.6 is 0 Å². The van der Waals surface area contributed by atoms with E-state index in [1.165, 1.54) is 257 Å². The highest BCUT2D eigenvalue weighted by Crippen LogP contribution is 2.23. The number of aliphatic hydroxyl groups excluding tert-OH is 5. The highest BCUT2D eigenvalue weighted by atomic mass is 16.7. The summed E-state index contributed by atoms with van der Waals surface area (Å²) < 4.78 is 11.3. The van der Waals surface area contributed by atoms with Gasteiger partial charge in [0, 0.05) is 6.42 Å². The number of carbonyl (C=O) groups excluding carboxylic acids is 1. The van der Waals surface area contributed by atoms with Crippen LogP contribution in [0.4, 0.5) is 0 Å². The van der Waals surface area contributed by atoms with Gasteiger partial charge in [-0.3, -0.25) is 4.79 Å². The molecule has 75 heavy (non-hydrogen) atoms. The molecule has 0 bridgehead atoms. The minimum atomic E-state index is -1.57. The fourth-order valence-electron chi connectivity index (χ4n) is 10.5. The summed E-state index contributed by atoms with van der Waals surface area (Å²) in [4.78, 5) is 13.1. The lowest BCUT2D eigenvalue weighted by Crippen LogP contribution is -2.60. The molecule has 9 heteroatoms. The first-order valence-electron chi connectivity index (χ1n) is 32.7. The van der Waals surface area contributed by atoms with Crippen molar-refractivity contribution in [3.05, 3.63) is 36.5 Å². The molecule has 0 aromatic carbocycles. The average molecular weight is 1060 g/mol. The lowest BCUT2D eigenvalue weighted by molar-refractivity contribution is -0.302. The van der Waals surface area contributed by atoms with E-state index in [1.807, 2.05) is 6.08 Å². The molecule has 1 saturated heterocycles. The number of rotatable bonds is 57. The Bertz CT molecular complexity index is 1270. The monoisotopic (exact) mass is 1060 g/mol. The van der Waals surface area contributed by atoms with E-state index in [-0.39, 0.29) is 12.5 Å². The Labute approximate surface area is 463 Å².